The maximum absolute atomic E-state index is 12.5. The average molecular weight is 435 g/mol. The highest BCUT2D eigenvalue weighted by Gasteiger charge is 2.16. The van der Waals surface area contributed by atoms with E-state index >= 15 is 0 Å². The van der Waals surface area contributed by atoms with Crippen LogP contribution >= 0.6 is 27.7 Å². The summed E-state index contributed by atoms with van der Waals surface area (Å²) in [5.41, 5.74) is 1.29. The fourth-order valence-corrected chi connectivity index (χ4v) is 3.29. The van der Waals surface area contributed by atoms with Crippen LogP contribution in [-0.4, -0.2) is 36.0 Å². The second kappa shape index (κ2) is 8.37. The molecular formula is C18H15BrN2O4S. The van der Waals surface area contributed by atoms with Gasteiger partial charge in [0, 0.05) is 16.1 Å². The van der Waals surface area contributed by atoms with Gasteiger partial charge in [-0.1, -0.05) is 33.8 Å². The van der Waals surface area contributed by atoms with Crippen molar-refractivity contribution in [3.63, 3.8) is 0 Å². The van der Waals surface area contributed by atoms with Gasteiger partial charge in [-0.05, 0) is 30.3 Å². The fraction of sp³-hybridized carbons (Fsp3) is 0.167. The SMILES string of the molecule is COc1ccc(C(=O)CSc2nnc(-c3cccc(Br)c3)o2)c(OC)c1. The van der Waals surface area contributed by atoms with E-state index in [-0.39, 0.29) is 11.5 Å². The molecule has 26 heavy (non-hydrogen) atoms. The smallest absolute Gasteiger partial charge is 0.277 e. The third-order valence-electron chi connectivity index (χ3n) is 3.51. The Hall–Kier alpha value is -2.32. The Morgan fingerprint density at radius 1 is 1.15 bits per heavy atom. The summed E-state index contributed by atoms with van der Waals surface area (Å²) in [6.45, 7) is 0. The molecule has 8 heteroatoms. The Balaban J connectivity index is 1.69. The van der Waals surface area contributed by atoms with Crippen molar-refractivity contribution >= 4 is 33.5 Å². The molecule has 1 heterocycles. The molecule has 0 bridgehead atoms. The summed E-state index contributed by atoms with van der Waals surface area (Å²) < 4.78 is 16.9. The van der Waals surface area contributed by atoms with Crippen LogP contribution in [0.4, 0.5) is 0 Å². The van der Waals surface area contributed by atoms with Gasteiger partial charge in [0.2, 0.25) is 5.89 Å². The third-order valence-corrected chi connectivity index (χ3v) is 4.83. The van der Waals surface area contributed by atoms with Gasteiger partial charge >= 0.3 is 0 Å². The predicted octanol–water partition coefficient (Wildman–Crippen LogP) is 4.49. The first-order valence-corrected chi connectivity index (χ1v) is 9.36. The lowest BCUT2D eigenvalue weighted by molar-refractivity contribution is 0.101. The molecule has 0 unspecified atom stereocenters. The molecule has 0 saturated heterocycles. The maximum atomic E-state index is 12.5. The number of Topliss-reactive ketones (excluding diaryl/α,β-unsaturated/α-hetero) is 1. The molecule has 2 aromatic carbocycles. The minimum absolute atomic E-state index is 0.100. The van der Waals surface area contributed by atoms with E-state index in [1.165, 1.54) is 18.9 Å². The first-order valence-electron chi connectivity index (χ1n) is 7.58. The van der Waals surface area contributed by atoms with Crippen molar-refractivity contribution in [2.45, 2.75) is 5.22 Å². The average Bonchev–Trinajstić information content (AvgIpc) is 3.14. The lowest BCUT2D eigenvalue weighted by Gasteiger charge is -2.08. The number of thioether (sulfide) groups is 1. The van der Waals surface area contributed by atoms with E-state index in [4.69, 9.17) is 13.9 Å². The first kappa shape index (κ1) is 18.5. The highest BCUT2D eigenvalue weighted by molar-refractivity contribution is 9.10. The maximum Gasteiger partial charge on any atom is 0.277 e. The van der Waals surface area contributed by atoms with Crippen molar-refractivity contribution in [3.8, 4) is 23.0 Å². The normalized spacial score (nSPS) is 10.6. The van der Waals surface area contributed by atoms with E-state index in [1.807, 2.05) is 24.3 Å². The molecule has 0 aliphatic carbocycles. The molecule has 0 fully saturated rings. The van der Waals surface area contributed by atoms with Gasteiger partial charge in [-0.3, -0.25) is 4.79 Å². The largest absolute Gasteiger partial charge is 0.497 e. The summed E-state index contributed by atoms with van der Waals surface area (Å²) in [6.07, 6.45) is 0. The van der Waals surface area contributed by atoms with Crippen molar-refractivity contribution in [1.29, 1.82) is 0 Å². The van der Waals surface area contributed by atoms with Gasteiger partial charge in [0.25, 0.3) is 5.22 Å². The molecule has 0 saturated carbocycles. The first-order chi connectivity index (χ1) is 12.6. The molecule has 3 aromatic rings. The van der Waals surface area contributed by atoms with Gasteiger partial charge in [-0.15, -0.1) is 10.2 Å². The molecule has 6 nitrogen and oxygen atoms in total. The summed E-state index contributed by atoms with van der Waals surface area (Å²) >= 11 is 4.59. The zero-order valence-corrected chi connectivity index (χ0v) is 16.5. The quantitative estimate of drug-likeness (QED) is 0.400. The number of rotatable bonds is 7. The second-order valence-corrected chi connectivity index (χ2v) is 7.00. The standard InChI is InChI=1S/C18H15BrN2O4S/c1-23-13-6-7-14(16(9-13)24-2)15(22)10-26-18-21-20-17(25-18)11-4-3-5-12(19)8-11/h3-9H,10H2,1-2H3. The Bertz CT molecular complexity index is 929. The third kappa shape index (κ3) is 4.25. The lowest BCUT2D eigenvalue weighted by Crippen LogP contribution is -2.05. The lowest BCUT2D eigenvalue weighted by atomic mass is 10.1. The molecule has 0 amide bonds. The Morgan fingerprint density at radius 2 is 2.00 bits per heavy atom. The van der Waals surface area contributed by atoms with Gasteiger partial charge in [-0.25, -0.2) is 0 Å². The Labute approximate surface area is 163 Å². The summed E-state index contributed by atoms with van der Waals surface area (Å²) in [5.74, 6) is 1.56. The van der Waals surface area contributed by atoms with Crippen LogP contribution < -0.4 is 9.47 Å². The zero-order valence-electron chi connectivity index (χ0n) is 14.1. The minimum atomic E-state index is -0.100. The number of hydrogen-bond donors (Lipinski definition) is 0. The molecule has 3 rings (SSSR count). The number of carbonyl (C=O) groups excluding carboxylic acids is 1. The topological polar surface area (TPSA) is 74.5 Å². The van der Waals surface area contributed by atoms with Gasteiger partial charge in [0.1, 0.15) is 11.5 Å². The van der Waals surface area contributed by atoms with Crippen molar-refractivity contribution < 1.29 is 18.7 Å². The van der Waals surface area contributed by atoms with Crippen LogP contribution in [0.5, 0.6) is 11.5 Å². The van der Waals surface area contributed by atoms with E-state index in [9.17, 15) is 4.79 Å². The number of benzene rings is 2. The van der Waals surface area contributed by atoms with Gasteiger partial charge in [0.15, 0.2) is 5.78 Å². The monoisotopic (exact) mass is 434 g/mol. The van der Waals surface area contributed by atoms with Crippen molar-refractivity contribution in [2.75, 3.05) is 20.0 Å². The number of ether oxygens (including phenoxy) is 2. The zero-order chi connectivity index (χ0) is 18.5. The van der Waals surface area contributed by atoms with Crippen LogP contribution in [0.15, 0.2) is 56.6 Å². The van der Waals surface area contributed by atoms with Crippen LogP contribution in [0.3, 0.4) is 0 Å². The molecule has 0 aliphatic rings. The second-order valence-electron chi connectivity index (χ2n) is 5.16. The molecule has 1 aromatic heterocycles. The summed E-state index contributed by atoms with van der Waals surface area (Å²) in [4.78, 5) is 12.5. The predicted molar refractivity (Wildman–Crippen MR) is 102 cm³/mol. The summed E-state index contributed by atoms with van der Waals surface area (Å²) in [6, 6.07) is 12.6. The van der Waals surface area contributed by atoms with Crippen molar-refractivity contribution in [3.05, 3.63) is 52.5 Å². The number of nitrogens with zero attached hydrogens (tertiary/aromatic N) is 2. The fourth-order valence-electron chi connectivity index (χ4n) is 2.24. The Kier molecular flexibility index (Phi) is 5.95. The van der Waals surface area contributed by atoms with Gasteiger partial charge in [-0.2, -0.15) is 0 Å². The van der Waals surface area contributed by atoms with E-state index in [0.717, 1.165) is 10.0 Å². The number of hydrogen-bond acceptors (Lipinski definition) is 7. The summed E-state index contributed by atoms with van der Waals surface area (Å²) in [7, 11) is 3.07. The number of methoxy groups -OCH3 is 2. The highest BCUT2D eigenvalue weighted by Crippen LogP contribution is 2.28. The van der Waals surface area contributed by atoms with Crippen LogP contribution in [-0.2, 0) is 0 Å². The number of carbonyl (C=O) groups is 1. The molecular weight excluding hydrogens is 420 g/mol. The number of ketones is 1. The Morgan fingerprint density at radius 3 is 2.73 bits per heavy atom. The summed E-state index contributed by atoms with van der Waals surface area (Å²) in [5, 5.41) is 8.34. The van der Waals surface area contributed by atoms with Crippen molar-refractivity contribution in [1.82, 2.24) is 10.2 Å². The number of aromatic nitrogens is 2. The molecule has 0 aliphatic heterocycles. The minimum Gasteiger partial charge on any atom is -0.497 e. The van der Waals surface area contributed by atoms with Crippen LogP contribution in [0.2, 0.25) is 0 Å². The molecule has 0 N–H and O–H groups in total. The van der Waals surface area contributed by atoms with Crippen molar-refractivity contribution in [2.24, 2.45) is 0 Å². The molecule has 134 valence electrons. The van der Waals surface area contributed by atoms with E-state index in [1.54, 1.807) is 25.3 Å². The van der Waals surface area contributed by atoms with Crippen LogP contribution in [0.25, 0.3) is 11.5 Å². The van der Waals surface area contributed by atoms with Gasteiger partial charge < -0.3 is 13.9 Å². The van der Waals surface area contributed by atoms with E-state index in [2.05, 4.69) is 26.1 Å². The molecule has 0 spiro atoms. The highest BCUT2D eigenvalue weighted by atomic mass is 79.9. The molecule has 0 atom stereocenters. The molecule has 0 radical (unpaired) electrons. The van der Waals surface area contributed by atoms with Crippen LogP contribution in [0, 0.1) is 0 Å². The van der Waals surface area contributed by atoms with E-state index in [0.29, 0.717) is 28.2 Å². The van der Waals surface area contributed by atoms with E-state index < -0.39 is 0 Å². The number of halogens is 1. The van der Waals surface area contributed by atoms with Gasteiger partial charge in [0.05, 0.1) is 25.5 Å². The van der Waals surface area contributed by atoms with Crippen LogP contribution in [0.1, 0.15) is 10.4 Å².